The minimum Gasteiger partial charge on any atom is -0.351 e. The van der Waals surface area contributed by atoms with Gasteiger partial charge in [-0.25, -0.2) is 13.6 Å². The van der Waals surface area contributed by atoms with E-state index in [1.165, 1.54) is 12.1 Å². The lowest BCUT2D eigenvalue weighted by molar-refractivity contribution is -0.122. The Morgan fingerprint density at radius 2 is 1.86 bits per heavy atom. The van der Waals surface area contributed by atoms with Crippen molar-refractivity contribution in [1.82, 2.24) is 10.2 Å². The Morgan fingerprint density at radius 1 is 1.27 bits per heavy atom. The van der Waals surface area contributed by atoms with Gasteiger partial charge in [0, 0.05) is 6.54 Å². The van der Waals surface area contributed by atoms with E-state index in [0.29, 0.717) is 13.1 Å². The zero-order chi connectivity index (χ0) is 16.2. The molecule has 1 aliphatic heterocycles. The van der Waals surface area contributed by atoms with Crippen molar-refractivity contribution in [2.45, 2.75) is 31.2 Å². The third-order valence-electron chi connectivity index (χ3n) is 3.99. The summed E-state index contributed by atoms with van der Waals surface area (Å²) >= 11 is 0. The van der Waals surface area contributed by atoms with Crippen molar-refractivity contribution < 1.29 is 13.2 Å². The molecule has 0 saturated carbocycles. The SMILES string of the molecule is CC1CCN(CC(=O)NCc2ccc(S(N)(=O)=O)cc2)CC1. The summed E-state index contributed by atoms with van der Waals surface area (Å²) in [7, 11) is -3.67. The van der Waals surface area contributed by atoms with Gasteiger partial charge in [-0.05, 0) is 49.5 Å². The Kier molecular flexibility index (Phi) is 5.55. The van der Waals surface area contributed by atoms with Crippen LogP contribution in [0, 0.1) is 5.92 Å². The Labute approximate surface area is 131 Å². The lowest BCUT2D eigenvalue weighted by atomic mass is 9.99. The van der Waals surface area contributed by atoms with E-state index in [1.54, 1.807) is 12.1 Å². The molecule has 1 heterocycles. The zero-order valence-electron chi connectivity index (χ0n) is 12.8. The number of benzene rings is 1. The number of primary sulfonamides is 1. The summed E-state index contributed by atoms with van der Waals surface area (Å²) in [5.74, 6) is 0.738. The molecule has 0 radical (unpaired) electrons. The molecule has 0 unspecified atom stereocenters. The van der Waals surface area contributed by atoms with E-state index in [9.17, 15) is 13.2 Å². The molecule has 122 valence electrons. The third-order valence-corrected chi connectivity index (χ3v) is 4.91. The van der Waals surface area contributed by atoms with Crippen LogP contribution in [0.25, 0.3) is 0 Å². The van der Waals surface area contributed by atoms with Crippen molar-refractivity contribution in [3.05, 3.63) is 29.8 Å². The van der Waals surface area contributed by atoms with Gasteiger partial charge in [0.05, 0.1) is 11.4 Å². The van der Waals surface area contributed by atoms with E-state index in [1.807, 2.05) is 0 Å². The van der Waals surface area contributed by atoms with Gasteiger partial charge in [-0.2, -0.15) is 0 Å². The first-order valence-corrected chi connectivity index (χ1v) is 9.00. The fourth-order valence-corrected chi connectivity index (χ4v) is 2.99. The van der Waals surface area contributed by atoms with Gasteiger partial charge < -0.3 is 5.32 Å². The molecule has 0 bridgehead atoms. The standard InChI is InChI=1S/C15H23N3O3S/c1-12-6-8-18(9-7-12)11-15(19)17-10-13-2-4-14(5-3-13)22(16,20)21/h2-5,12H,6-11H2,1H3,(H,17,19)(H2,16,20,21). The fraction of sp³-hybridized carbons (Fsp3) is 0.533. The first-order valence-electron chi connectivity index (χ1n) is 7.45. The number of rotatable bonds is 5. The lowest BCUT2D eigenvalue weighted by Gasteiger charge is -2.29. The van der Waals surface area contributed by atoms with Gasteiger partial charge in [-0.3, -0.25) is 9.69 Å². The van der Waals surface area contributed by atoms with Crippen LogP contribution in [0.15, 0.2) is 29.2 Å². The number of carbonyl (C=O) groups is 1. The molecule has 0 atom stereocenters. The number of nitrogens with zero attached hydrogens (tertiary/aromatic N) is 1. The zero-order valence-corrected chi connectivity index (χ0v) is 13.6. The van der Waals surface area contributed by atoms with Crippen molar-refractivity contribution in [3.63, 3.8) is 0 Å². The summed E-state index contributed by atoms with van der Waals surface area (Å²) in [4.78, 5) is 14.2. The summed E-state index contributed by atoms with van der Waals surface area (Å²) in [6.07, 6.45) is 2.28. The van der Waals surface area contributed by atoms with E-state index < -0.39 is 10.0 Å². The first-order chi connectivity index (χ1) is 10.3. The van der Waals surface area contributed by atoms with Gasteiger partial charge in [0.15, 0.2) is 0 Å². The van der Waals surface area contributed by atoms with Gasteiger partial charge in [0.25, 0.3) is 0 Å². The highest BCUT2D eigenvalue weighted by Gasteiger charge is 2.17. The molecular formula is C15H23N3O3S. The largest absolute Gasteiger partial charge is 0.351 e. The average molecular weight is 325 g/mol. The molecule has 6 nitrogen and oxygen atoms in total. The number of nitrogens with one attached hydrogen (secondary N) is 1. The van der Waals surface area contributed by atoms with Crippen LogP contribution in [-0.4, -0.2) is 38.9 Å². The molecule has 1 aromatic carbocycles. The molecule has 0 aliphatic carbocycles. The summed E-state index contributed by atoms with van der Waals surface area (Å²) in [6, 6.07) is 6.21. The maximum absolute atomic E-state index is 11.9. The summed E-state index contributed by atoms with van der Waals surface area (Å²) < 4.78 is 22.3. The summed E-state index contributed by atoms with van der Waals surface area (Å²) in [6.45, 7) is 4.98. The van der Waals surface area contributed by atoms with Crippen LogP contribution in [0.3, 0.4) is 0 Å². The normalized spacial score (nSPS) is 17.4. The van der Waals surface area contributed by atoms with Crippen LogP contribution in [0.2, 0.25) is 0 Å². The smallest absolute Gasteiger partial charge is 0.238 e. The molecule has 1 fully saturated rings. The van der Waals surface area contributed by atoms with Crippen molar-refractivity contribution in [3.8, 4) is 0 Å². The first kappa shape index (κ1) is 16.9. The molecule has 1 amide bonds. The number of carbonyl (C=O) groups excluding carboxylic acids is 1. The number of nitrogens with two attached hydrogens (primary N) is 1. The second kappa shape index (κ2) is 7.21. The van der Waals surface area contributed by atoms with Crippen LogP contribution in [0.4, 0.5) is 0 Å². The quantitative estimate of drug-likeness (QED) is 0.833. The number of amides is 1. The average Bonchev–Trinajstić information content (AvgIpc) is 2.47. The molecule has 1 saturated heterocycles. The molecule has 1 aromatic rings. The van der Waals surface area contributed by atoms with Crippen molar-refractivity contribution in [2.24, 2.45) is 11.1 Å². The number of piperidine rings is 1. The second-order valence-corrected chi connectivity index (χ2v) is 7.49. The van der Waals surface area contributed by atoms with Gasteiger partial charge in [-0.1, -0.05) is 19.1 Å². The van der Waals surface area contributed by atoms with Crippen molar-refractivity contribution in [2.75, 3.05) is 19.6 Å². The third kappa shape index (κ3) is 5.08. The van der Waals surface area contributed by atoms with Gasteiger partial charge in [0.1, 0.15) is 0 Å². The van der Waals surface area contributed by atoms with E-state index >= 15 is 0 Å². The number of sulfonamides is 1. The Hall–Kier alpha value is -1.44. The van der Waals surface area contributed by atoms with E-state index in [0.717, 1.165) is 37.4 Å². The number of likely N-dealkylation sites (tertiary alicyclic amines) is 1. The van der Waals surface area contributed by atoms with Gasteiger partial charge in [-0.15, -0.1) is 0 Å². The Bertz CT molecular complexity index is 605. The molecule has 0 spiro atoms. The summed E-state index contributed by atoms with van der Waals surface area (Å²) in [5.41, 5.74) is 0.841. The Balaban J connectivity index is 1.79. The number of hydrogen-bond acceptors (Lipinski definition) is 4. The van der Waals surface area contributed by atoms with Gasteiger partial charge in [0.2, 0.25) is 15.9 Å². The predicted molar refractivity (Wildman–Crippen MR) is 84.5 cm³/mol. The topological polar surface area (TPSA) is 92.5 Å². The molecule has 1 aliphatic rings. The lowest BCUT2D eigenvalue weighted by Crippen LogP contribution is -2.41. The van der Waals surface area contributed by atoms with Gasteiger partial charge >= 0.3 is 0 Å². The van der Waals surface area contributed by atoms with Crippen LogP contribution in [0.1, 0.15) is 25.3 Å². The fourth-order valence-electron chi connectivity index (χ4n) is 2.48. The van der Waals surface area contributed by atoms with Crippen LogP contribution < -0.4 is 10.5 Å². The molecule has 22 heavy (non-hydrogen) atoms. The monoisotopic (exact) mass is 325 g/mol. The molecule has 3 N–H and O–H groups in total. The van der Waals surface area contributed by atoms with Crippen molar-refractivity contribution >= 4 is 15.9 Å². The van der Waals surface area contributed by atoms with E-state index in [4.69, 9.17) is 5.14 Å². The second-order valence-electron chi connectivity index (χ2n) is 5.92. The van der Waals surface area contributed by atoms with Crippen LogP contribution in [-0.2, 0) is 21.4 Å². The highest BCUT2D eigenvalue weighted by atomic mass is 32.2. The van der Waals surface area contributed by atoms with E-state index in [-0.39, 0.29) is 10.8 Å². The molecule has 2 rings (SSSR count). The maximum atomic E-state index is 11.9. The minimum absolute atomic E-state index is 0.00919. The van der Waals surface area contributed by atoms with E-state index in [2.05, 4.69) is 17.1 Å². The van der Waals surface area contributed by atoms with Crippen LogP contribution in [0.5, 0.6) is 0 Å². The highest BCUT2D eigenvalue weighted by molar-refractivity contribution is 7.89. The maximum Gasteiger partial charge on any atom is 0.238 e. The molecular weight excluding hydrogens is 302 g/mol. The Morgan fingerprint density at radius 3 is 2.41 bits per heavy atom. The predicted octanol–water partition coefficient (Wildman–Crippen LogP) is 0.682. The molecule has 7 heteroatoms. The summed E-state index contributed by atoms with van der Waals surface area (Å²) in [5, 5.41) is 7.89. The van der Waals surface area contributed by atoms with Crippen molar-refractivity contribution in [1.29, 1.82) is 0 Å². The molecule has 0 aromatic heterocycles. The minimum atomic E-state index is -3.67. The highest BCUT2D eigenvalue weighted by Crippen LogP contribution is 2.15. The van der Waals surface area contributed by atoms with Crippen LogP contribution >= 0.6 is 0 Å². The number of hydrogen-bond donors (Lipinski definition) is 2.